The van der Waals surface area contributed by atoms with Crippen LogP contribution in [0.25, 0.3) is 0 Å². The summed E-state index contributed by atoms with van der Waals surface area (Å²) in [5.41, 5.74) is 4.66. The largest absolute Gasteiger partial charge is 0.271 e. The van der Waals surface area contributed by atoms with Gasteiger partial charge in [0.05, 0.1) is 6.04 Å². The Kier molecular flexibility index (Phi) is 3.62. The van der Waals surface area contributed by atoms with Crippen LogP contribution in [0.3, 0.4) is 0 Å². The first-order valence-corrected chi connectivity index (χ1v) is 6.27. The van der Waals surface area contributed by atoms with E-state index in [2.05, 4.69) is 42.7 Å². The van der Waals surface area contributed by atoms with Crippen molar-refractivity contribution in [2.75, 3.05) is 0 Å². The highest BCUT2D eigenvalue weighted by molar-refractivity contribution is 5.21. The highest BCUT2D eigenvalue weighted by Crippen LogP contribution is 2.45. The van der Waals surface area contributed by atoms with Crippen molar-refractivity contribution in [3.8, 4) is 0 Å². The monoisotopic (exact) mass is 218 g/mol. The Morgan fingerprint density at radius 1 is 1.12 bits per heavy atom. The smallest absolute Gasteiger partial charge is 0.0513 e. The third-order valence-electron chi connectivity index (χ3n) is 3.99. The first-order chi connectivity index (χ1) is 7.76. The second kappa shape index (κ2) is 4.98. The number of nitrogens with one attached hydrogen (secondary N) is 1. The lowest BCUT2D eigenvalue weighted by atomic mass is 9.69. The fourth-order valence-electron chi connectivity index (χ4n) is 2.99. The summed E-state index contributed by atoms with van der Waals surface area (Å²) < 4.78 is 0. The topological polar surface area (TPSA) is 38.0 Å². The van der Waals surface area contributed by atoms with Crippen molar-refractivity contribution < 1.29 is 0 Å². The molecule has 0 bridgehead atoms. The summed E-state index contributed by atoms with van der Waals surface area (Å²) >= 11 is 0. The van der Waals surface area contributed by atoms with Gasteiger partial charge in [-0.1, -0.05) is 56.5 Å². The zero-order chi connectivity index (χ0) is 11.4. The van der Waals surface area contributed by atoms with E-state index in [1.54, 1.807) is 0 Å². The fraction of sp³-hybridized carbons (Fsp3) is 0.571. The molecule has 88 valence electrons. The minimum Gasteiger partial charge on any atom is -0.271 e. The highest BCUT2D eigenvalue weighted by Gasteiger charge is 2.35. The molecule has 2 heteroatoms. The van der Waals surface area contributed by atoms with Crippen LogP contribution in [0.2, 0.25) is 0 Å². The predicted molar refractivity (Wildman–Crippen MR) is 67.7 cm³/mol. The van der Waals surface area contributed by atoms with E-state index in [4.69, 9.17) is 5.84 Å². The van der Waals surface area contributed by atoms with E-state index < -0.39 is 0 Å². The fourth-order valence-corrected chi connectivity index (χ4v) is 2.99. The molecule has 2 nitrogen and oxygen atoms in total. The number of nitrogens with two attached hydrogens (primary N) is 1. The summed E-state index contributed by atoms with van der Waals surface area (Å²) in [6.07, 6.45) is 6.60. The Labute approximate surface area is 98.2 Å². The molecule has 0 amide bonds. The van der Waals surface area contributed by atoms with Crippen LogP contribution in [0.15, 0.2) is 30.3 Å². The van der Waals surface area contributed by atoms with Gasteiger partial charge < -0.3 is 0 Å². The Hall–Kier alpha value is -0.860. The summed E-state index contributed by atoms with van der Waals surface area (Å²) in [7, 11) is 0. The molecular weight excluding hydrogens is 196 g/mol. The van der Waals surface area contributed by atoms with Crippen molar-refractivity contribution in [3.63, 3.8) is 0 Å². The molecule has 0 spiro atoms. The van der Waals surface area contributed by atoms with E-state index in [-0.39, 0.29) is 6.04 Å². The van der Waals surface area contributed by atoms with Gasteiger partial charge in [0.1, 0.15) is 0 Å². The molecule has 0 aromatic heterocycles. The predicted octanol–water partition coefficient (Wildman–Crippen LogP) is 3.16. The summed E-state index contributed by atoms with van der Waals surface area (Å²) in [5, 5.41) is 0. The van der Waals surface area contributed by atoms with Gasteiger partial charge in [-0.25, -0.2) is 0 Å². The normalized spacial score (nSPS) is 21.6. The van der Waals surface area contributed by atoms with Crippen molar-refractivity contribution >= 4 is 0 Å². The molecule has 16 heavy (non-hydrogen) atoms. The maximum absolute atomic E-state index is 5.77. The number of hydrogen-bond acceptors (Lipinski definition) is 2. The molecule has 0 saturated heterocycles. The molecule has 1 aromatic carbocycles. The van der Waals surface area contributed by atoms with E-state index in [1.807, 2.05) is 0 Å². The first kappa shape index (κ1) is 11.6. The molecule has 2 rings (SSSR count). The Balaban J connectivity index is 2.21. The molecule has 1 aliphatic carbocycles. The maximum atomic E-state index is 5.77. The second-order valence-electron chi connectivity index (χ2n) is 5.23. The van der Waals surface area contributed by atoms with Crippen LogP contribution in [0, 0.1) is 5.41 Å². The van der Waals surface area contributed by atoms with Crippen LogP contribution in [0.5, 0.6) is 0 Å². The molecule has 1 saturated carbocycles. The van der Waals surface area contributed by atoms with Crippen LogP contribution in [-0.2, 0) is 0 Å². The van der Waals surface area contributed by atoms with Crippen LogP contribution >= 0.6 is 0 Å². The molecule has 0 aliphatic heterocycles. The minimum atomic E-state index is 0.286. The number of hydrogen-bond donors (Lipinski definition) is 2. The molecular formula is C14H22N2. The SMILES string of the molecule is CC1(C(NN)c2ccccc2)CCCCC1. The summed E-state index contributed by atoms with van der Waals surface area (Å²) in [5.74, 6) is 5.77. The van der Waals surface area contributed by atoms with E-state index in [0.717, 1.165) is 0 Å². The third kappa shape index (κ3) is 2.28. The van der Waals surface area contributed by atoms with Gasteiger partial charge in [-0.2, -0.15) is 0 Å². The van der Waals surface area contributed by atoms with Crippen molar-refractivity contribution in [1.29, 1.82) is 0 Å². The van der Waals surface area contributed by atoms with Gasteiger partial charge in [-0.3, -0.25) is 11.3 Å². The molecule has 0 heterocycles. The van der Waals surface area contributed by atoms with E-state index in [9.17, 15) is 0 Å². The second-order valence-corrected chi connectivity index (χ2v) is 5.23. The summed E-state index contributed by atoms with van der Waals surface area (Å²) in [6.45, 7) is 2.36. The van der Waals surface area contributed by atoms with Crippen molar-refractivity contribution in [3.05, 3.63) is 35.9 Å². The standard InChI is InChI=1S/C14H22N2/c1-14(10-6-3-7-11-14)13(16-15)12-8-4-2-5-9-12/h2,4-5,8-9,13,16H,3,6-7,10-11,15H2,1H3. The van der Waals surface area contributed by atoms with E-state index in [1.165, 1.54) is 37.7 Å². The van der Waals surface area contributed by atoms with Gasteiger partial charge in [-0.05, 0) is 23.8 Å². The van der Waals surface area contributed by atoms with Crippen molar-refractivity contribution in [2.45, 2.75) is 45.1 Å². The quantitative estimate of drug-likeness (QED) is 0.604. The number of rotatable bonds is 3. The van der Waals surface area contributed by atoms with Crippen molar-refractivity contribution in [1.82, 2.24) is 5.43 Å². The average molecular weight is 218 g/mol. The Morgan fingerprint density at radius 3 is 2.31 bits per heavy atom. The Bertz CT molecular complexity index is 315. The minimum absolute atomic E-state index is 0.286. The van der Waals surface area contributed by atoms with Crippen molar-refractivity contribution in [2.24, 2.45) is 11.3 Å². The van der Waals surface area contributed by atoms with E-state index >= 15 is 0 Å². The van der Waals surface area contributed by atoms with Gasteiger partial charge in [0, 0.05) is 0 Å². The lowest BCUT2D eigenvalue weighted by molar-refractivity contribution is 0.145. The van der Waals surface area contributed by atoms with Crippen LogP contribution < -0.4 is 11.3 Å². The Morgan fingerprint density at radius 2 is 1.75 bits per heavy atom. The lowest BCUT2D eigenvalue weighted by Gasteiger charge is -2.40. The summed E-state index contributed by atoms with van der Waals surface area (Å²) in [6, 6.07) is 10.9. The molecule has 3 N–H and O–H groups in total. The maximum Gasteiger partial charge on any atom is 0.0513 e. The van der Waals surface area contributed by atoms with Gasteiger partial charge >= 0.3 is 0 Å². The zero-order valence-electron chi connectivity index (χ0n) is 10.1. The lowest BCUT2D eigenvalue weighted by Crippen LogP contribution is -2.41. The van der Waals surface area contributed by atoms with Crippen LogP contribution in [-0.4, -0.2) is 0 Å². The molecule has 1 aromatic rings. The van der Waals surface area contributed by atoms with E-state index in [0.29, 0.717) is 5.41 Å². The number of hydrazine groups is 1. The average Bonchev–Trinajstić information content (AvgIpc) is 2.32. The first-order valence-electron chi connectivity index (χ1n) is 6.27. The molecule has 0 radical (unpaired) electrons. The van der Waals surface area contributed by atoms with Crippen LogP contribution in [0.1, 0.15) is 50.6 Å². The third-order valence-corrected chi connectivity index (χ3v) is 3.99. The summed E-state index contributed by atoms with van der Waals surface area (Å²) in [4.78, 5) is 0. The van der Waals surface area contributed by atoms with Gasteiger partial charge in [0.25, 0.3) is 0 Å². The molecule has 1 aliphatic rings. The van der Waals surface area contributed by atoms with Gasteiger partial charge in [0.2, 0.25) is 0 Å². The van der Waals surface area contributed by atoms with Gasteiger partial charge in [-0.15, -0.1) is 0 Å². The molecule has 1 fully saturated rings. The van der Waals surface area contributed by atoms with Gasteiger partial charge in [0.15, 0.2) is 0 Å². The van der Waals surface area contributed by atoms with Crippen LogP contribution in [0.4, 0.5) is 0 Å². The number of benzene rings is 1. The zero-order valence-corrected chi connectivity index (χ0v) is 10.1. The molecule has 1 atom stereocenters. The highest BCUT2D eigenvalue weighted by atomic mass is 15.2. The molecule has 1 unspecified atom stereocenters.